The van der Waals surface area contributed by atoms with Crippen LogP contribution in [0.3, 0.4) is 0 Å². The summed E-state index contributed by atoms with van der Waals surface area (Å²) in [6.07, 6.45) is 3.68. The molecule has 2 aromatic rings. The number of nitrogens with one attached hydrogen (secondary N) is 1. The lowest BCUT2D eigenvalue weighted by Crippen LogP contribution is -2.11. The number of nitro groups is 1. The lowest BCUT2D eigenvalue weighted by Gasteiger charge is -2.07. The molecular formula is C12H13ClN4O2. The van der Waals surface area contributed by atoms with Gasteiger partial charge in [0.25, 0.3) is 5.69 Å². The number of hydrogen-bond acceptors (Lipinski definition) is 4. The normalized spacial score (nSPS) is 10.4. The third-order valence-electron chi connectivity index (χ3n) is 2.57. The molecule has 0 aliphatic rings. The van der Waals surface area contributed by atoms with E-state index < -0.39 is 4.92 Å². The van der Waals surface area contributed by atoms with Crippen LogP contribution in [0.5, 0.6) is 0 Å². The van der Waals surface area contributed by atoms with Gasteiger partial charge >= 0.3 is 0 Å². The van der Waals surface area contributed by atoms with Gasteiger partial charge in [-0.15, -0.1) is 0 Å². The smallest absolute Gasteiger partial charge is 0.292 e. The van der Waals surface area contributed by atoms with E-state index in [2.05, 4.69) is 10.4 Å². The summed E-state index contributed by atoms with van der Waals surface area (Å²) in [4.78, 5) is 10.4. The number of halogens is 1. The summed E-state index contributed by atoms with van der Waals surface area (Å²) in [5.41, 5.74) is 1.51. The molecule has 0 atom stereocenters. The molecule has 0 aliphatic carbocycles. The van der Waals surface area contributed by atoms with Crippen molar-refractivity contribution in [2.75, 3.05) is 11.9 Å². The Balaban J connectivity index is 2.02. The van der Waals surface area contributed by atoms with Crippen LogP contribution in [0.2, 0.25) is 5.02 Å². The highest BCUT2D eigenvalue weighted by atomic mass is 35.5. The van der Waals surface area contributed by atoms with Crippen LogP contribution < -0.4 is 5.32 Å². The highest BCUT2D eigenvalue weighted by Gasteiger charge is 2.13. The van der Waals surface area contributed by atoms with Gasteiger partial charge in [-0.25, -0.2) is 0 Å². The summed E-state index contributed by atoms with van der Waals surface area (Å²) >= 11 is 5.84. The Morgan fingerprint density at radius 1 is 1.53 bits per heavy atom. The highest BCUT2D eigenvalue weighted by Crippen LogP contribution is 2.27. The molecule has 0 saturated carbocycles. The molecule has 0 aliphatic heterocycles. The zero-order valence-corrected chi connectivity index (χ0v) is 11.1. The quantitative estimate of drug-likeness (QED) is 0.675. The highest BCUT2D eigenvalue weighted by molar-refractivity contribution is 6.31. The maximum atomic E-state index is 10.9. The summed E-state index contributed by atoms with van der Waals surface area (Å²) in [7, 11) is 0. The van der Waals surface area contributed by atoms with Crippen molar-refractivity contribution < 1.29 is 4.92 Å². The monoisotopic (exact) mass is 280 g/mol. The van der Waals surface area contributed by atoms with E-state index in [-0.39, 0.29) is 5.69 Å². The Hall–Kier alpha value is -2.08. The largest absolute Gasteiger partial charge is 0.378 e. The van der Waals surface area contributed by atoms with Crippen LogP contribution in [0, 0.1) is 17.0 Å². The van der Waals surface area contributed by atoms with E-state index in [1.54, 1.807) is 16.9 Å². The van der Waals surface area contributed by atoms with Crippen LogP contribution >= 0.6 is 11.6 Å². The predicted molar refractivity (Wildman–Crippen MR) is 73.6 cm³/mol. The molecule has 7 heteroatoms. The maximum absolute atomic E-state index is 10.9. The van der Waals surface area contributed by atoms with Gasteiger partial charge in [0.05, 0.1) is 17.7 Å². The van der Waals surface area contributed by atoms with E-state index in [0.29, 0.717) is 23.8 Å². The van der Waals surface area contributed by atoms with Crippen molar-refractivity contribution in [3.8, 4) is 0 Å². The van der Waals surface area contributed by atoms with Gasteiger partial charge in [-0.05, 0) is 24.6 Å². The molecule has 0 amide bonds. The first-order valence-corrected chi connectivity index (χ1v) is 6.11. The summed E-state index contributed by atoms with van der Waals surface area (Å²) in [6, 6.07) is 4.44. The Labute approximate surface area is 115 Å². The van der Waals surface area contributed by atoms with Crippen molar-refractivity contribution in [3.63, 3.8) is 0 Å². The van der Waals surface area contributed by atoms with Gasteiger partial charge in [-0.1, -0.05) is 11.6 Å². The van der Waals surface area contributed by atoms with Crippen molar-refractivity contribution >= 4 is 23.0 Å². The average Bonchev–Trinajstić information content (AvgIpc) is 2.75. The van der Waals surface area contributed by atoms with Gasteiger partial charge in [-0.3, -0.25) is 14.8 Å². The van der Waals surface area contributed by atoms with Crippen LogP contribution in [0.1, 0.15) is 5.56 Å². The van der Waals surface area contributed by atoms with Gasteiger partial charge in [-0.2, -0.15) is 5.10 Å². The van der Waals surface area contributed by atoms with E-state index in [0.717, 1.165) is 5.56 Å². The van der Waals surface area contributed by atoms with Crippen molar-refractivity contribution in [2.24, 2.45) is 0 Å². The SMILES string of the molecule is Cc1cnn(CCNc2cc(Cl)ccc2[N+](=O)[O-])c1. The topological polar surface area (TPSA) is 73.0 Å². The number of anilines is 1. The van der Waals surface area contributed by atoms with Gasteiger partial charge in [0, 0.05) is 23.8 Å². The van der Waals surface area contributed by atoms with E-state index in [1.165, 1.54) is 12.1 Å². The standard InChI is InChI=1S/C12H13ClN4O2/c1-9-7-15-16(8-9)5-4-14-11-6-10(13)2-3-12(11)17(18)19/h2-3,6-8,14H,4-5H2,1H3. The van der Waals surface area contributed by atoms with Crippen molar-refractivity contribution in [3.05, 3.63) is 51.3 Å². The number of aryl methyl sites for hydroxylation is 1. The Bertz CT molecular complexity index is 597. The number of aromatic nitrogens is 2. The maximum Gasteiger partial charge on any atom is 0.292 e. The zero-order valence-electron chi connectivity index (χ0n) is 10.3. The molecule has 100 valence electrons. The van der Waals surface area contributed by atoms with Crippen LogP contribution in [0.4, 0.5) is 11.4 Å². The molecule has 0 bridgehead atoms. The molecule has 0 saturated heterocycles. The van der Waals surface area contributed by atoms with Gasteiger partial charge in [0.2, 0.25) is 0 Å². The zero-order chi connectivity index (χ0) is 13.8. The summed E-state index contributed by atoms with van der Waals surface area (Å²) in [5.74, 6) is 0. The fraction of sp³-hybridized carbons (Fsp3) is 0.250. The van der Waals surface area contributed by atoms with Gasteiger partial charge < -0.3 is 5.32 Å². The number of benzene rings is 1. The van der Waals surface area contributed by atoms with Gasteiger partial charge in [0.1, 0.15) is 5.69 Å². The van der Waals surface area contributed by atoms with Crippen LogP contribution in [0.25, 0.3) is 0 Å². The first-order valence-electron chi connectivity index (χ1n) is 5.73. The number of rotatable bonds is 5. The van der Waals surface area contributed by atoms with Crippen LogP contribution in [-0.2, 0) is 6.54 Å². The second-order valence-corrected chi connectivity index (χ2v) is 4.56. The number of nitro benzene ring substituents is 1. The van der Waals surface area contributed by atoms with Crippen molar-refractivity contribution in [1.82, 2.24) is 9.78 Å². The molecule has 6 nitrogen and oxygen atoms in total. The van der Waals surface area contributed by atoms with E-state index in [4.69, 9.17) is 11.6 Å². The molecule has 1 aromatic heterocycles. The van der Waals surface area contributed by atoms with E-state index >= 15 is 0 Å². The molecular weight excluding hydrogens is 268 g/mol. The average molecular weight is 281 g/mol. The Morgan fingerprint density at radius 3 is 2.95 bits per heavy atom. The second kappa shape index (κ2) is 5.71. The Morgan fingerprint density at radius 2 is 2.32 bits per heavy atom. The summed E-state index contributed by atoms with van der Waals surface area (Å²) < 4.78 is 1.78. The fourth-order valence-electron chi connectivity index (χ4n) is 1.70. The molecule has 19 heavy (non-hydrogen) atoms. The molecule has 1 aromatic carbocycles. The molecule has 2 rings (SSSR count). The fourth-order valence-corrected chi connectivity index (χ4v) is 1.88. The molecule has 0 spiro atoms. The minimum atomic E-state index is -0.434. The first kappa shape index (κ1) is 13.4. The molecule has 1 heterocycles. The third kappa shape index (κ3) is 3.45. The summed E-state index contributed by atoms with van der Waals surface area (Å²) in [5, 5.41) is 18.5. The van der Waals surface area contributed by atoms with Gasteiger partial charge in [0.15, 0.2) is 0 Å². The number of hydrogen-bond donors (Lipinski definition) is 1. The van der Waals surface area contributed by atoms with Crippen LogP contribution in [0.15, 0.2) is 30.6 Å². The van der Waals surface area contributed by atoms with Crippen LogP contribution in [-0.4, -0.2) is 21.2 Å². The minimum Gasteiger partial charge on any atom is -0.378 e. The Kier molecular flexibility index (Phi) is 4.01. The number of nitrogens with zero attached hydrogens (tertiary/aromatic N) is 3. The second-order valence-electron chi connectivity index (χ2n) is 4.13. The molecule has 0 unspecified atom stereocenters. The molecule has 0 fully saturated rings. The predicted octanol–water partition coefficient (Wildman–Crippen LogP) is 2.87. The first-order chi connectivity index (χ1) is 9.06. The molecule has 0 radical (unpaired) electrons. The molecule has 1 N–H and O–H groups in total. The minimum absolute atomic E-state index is 0.0149. The lowest BCUT2D eigenvalue weighted by molar-refractivity contribution is -0.384. The summed E-state index contributed by atoms with van der Waals surface area (Å²) in [6.45, 7) is 3.11. The third-order valence-corrected chi connectivity index (χ3v) is 2.81. The van der Waals surface area contributed by atoms with E-state index in [1.807, 2.05) is 13.1 Å². The van der Waals surface area contributed by atoms with E-state index in [9.17, 15) is 10.1 Å². The van der Waals surface area contributed by atoms with Crippen molar-refractivity contribution in [2.45, 2.75) is 13.5 Å². The van der Waals surface area contributed by atoms with Crippen molar-refractivity contribution in [1.29, 1.82) is 0 Å². The lowest BCUT2D eigenvalue weighted by atomic mass is 10.2.